The lowest BCUT2D eigenvalue weighted by Crippen LogP contribution is -2.46. The summed E-state index contributed by atoms with van der Waals surface area (Å²) in [4.78, 5) is 23.8. The van der Waals surface area contributed by atoms with Crippen molar-refractivity contribution >= 4 is 17.5 Å². The minimum Gasteiger partial charge on any atom is -0.388 e. The molecule has 1 aromatic rings. The Morgan fingerprint density at radius 1 is 1.04 bits per heavy atom. The number of nitrogens with one attached hydrogen (secondary N) is 2. The number of carbonyl (C=O) groups is 2. The molecule has 1 fully saturated rings. The normalized spacial score (nSPS) is 17.1. The molecule has 2 rings (SSSR count). The maximum atomic E-state index is 11.9. The molecular formula is C18H26N2O3. The van der Waals surface area contributed by atoms with Crippen LogP contribution >= 0.6 is 0 Å². The SMILES string of the molecule is CCc1ccc(NC(=O)C(=O)NCC2(O)CCCCCC2)cc1. The van der Waals surface area contributed by atoms with E-state index in [0.717, 1.165) is 32.1 Å². The topological polar surface area (TPSA) is 78.4 Å². The van der Waals surface area contributed by atoms with Crippen molar-refractivity contribution < 1.29 is 14.7 Å². The molecule has 0 bridgehead atoms. The van der Waals surface area contributed by atoms with Gasteiger partial charge in [-0.2, -0.15) is 0 Å². The van der Waals surface area contributed by atoms with Gasteiger partial charge in [-0.1, -0.05) is 44.7 Å². The van der Waals surface area contributed by atoms with Crippen LogP contribution in [0.3, 0.4) is 0 Å². The van der Waals surface area contributed by atoms with Gasteiger partial charge in [-0.05, 0) is 37.0 Å². The molecule has 5 nitrogen and oxygen atoms in total. The van der Waals surface area contributed by atoms with Gasteiger partial charge in [0.25, 0.3) is 0 Å². The Balaban J connectivity index is 1.83. The minimum atomic E-state index is -0.880. The summed E-state index contributed by atoms with van der Waals surface area (Å²) in [5.74, 6) is -1.41. The summed E-state index contributed by atoms with van der Waals surface area (Å²) in [6, 6.07) is 7.40. The third-order valence-electron chi connectivity index (χ3n) is 4.44. The number of aryl methyl sites for hydroxylation is 1. The van der Waals surface area contributed by atoms with Crippen molar-refractivity contribution in [2.75, 3.05) is 11.9 Å². The van der Waals surface area contributed by atoms with Crippen molar-refractivity contribution in [3.63, 3.8) is 0 Å². The molecule has 0 heterocycles. The van der Waals surface area contributed by atoms with E-state index in [9.17, 15) is 14.7 Å². The zero-order valence-corrected chi connectivity index (χ0v) is 13.7. The highest BCUT2D eigenvalue weighted by atomic mass is 16.3. The number of benzene rings is 1. The molecule has 3 N–H and O–H groups in total. The molecular weight excluding hydrogens is 292 g/mol. The second-order valence-corrected chi connectivity index (χ2v) is 6.33. The summed E-state index contributed by atoms with van der Waals surface area (Å²) in [6.07, 6.45) is 6.42. The number of carbonyl (C=O) groups excluding carboxylic acids is 2. The van der Waals surface area contributed by atoms with Crippen LogP contribution in [0.4, 0.5) is 5.69 Å². The van der Waals surface area contributed by atoms with E-state index < -0.39 is 17.4 Å². The molecule has 5 heteroatoms. The molecule has 2 amide bonds. The summed E-state index contributed by atoms with van der Waals surface area (Å²) in [6.45, 7) is 2.19. The number of amides is 2. The molecule has 1 aliphatic rings. The van der Waals surface area contributed by atoms with Gasteiger partial charge in [0.15, 0.2) is 0 Å². The quantitative estimate of drug-likeness (QED) is 0.589. The van der Waals surface area contributed by atoms with Crippen molar-refractivity contribution in [3.8, 4) is 0 Å². The highest BCUT2D eigenvalue weighted by molar-refractivity contribution is 6.39. The van der Waals surface area contributed by atoms with Crippen LogP contribution in [-0.2, 0) is 16.0 Å². The molecule has 0 radical (unpaired) electrons. The molecule has 0 atom stereocenters. The van der Waals surface area contributed by atoms with Crippen LogP contribution in [-0.4, -0.2) is 29.1 Å². The second-order valence-electron chi connectivity index (χ2n) is 6.33. The van der Waals surface area contributed by atoms with E-state index in [-0.39, 0.29) is 6.54 Å². The molecule has 126 valence electrons. The molecule has 23 heavy (non-hydrogen) atoms. The van der Waals surface area contributed by atoms with Crippen molar-refractivity contribution in [1.29, 1.82) is 0 Å². The Kier molecular flexibility index (Phi) is 6.16. The third kappa shape index (κ3) is 5.36. The molecule has 0 unspecified atom stereocenters. The van der Waals surface area contributed by atoms with Gasteiger partial charge in [0.05, 0.1) is 5.60 Å². The van der Waals surface area contributed by atoms with Crippen LogP contribution in [0.15, 0.2) is 24.3 Å². The van der Waals surface area contributed by atoms with Crippen LogP contribution in [0.5, 0.6) is 0 Å². The van der Waals surface area contributed by atoms with Gasteiger partial charge in [-0.3, -0.25) is 9.59 Å². The van der Waals surface area contributed by atoms with Crippen LogP contribution in [0, 0.1) is 0 Å². The smallest absolute Gasteiger partial charge is 0.313 e. The summed E-state index contributed by atoms with van der Waals surface area (Å²) >= 11 is 0. The van der Waals surface area contributed by atoms with E-state index in [0.29, 0.717) is 18.5 Å². The second kappa shape index (κ2) is 8.11. The average Bonchev–Trinajstić information content (AvgIpc) is 2.78. The van der Waals surface area contributed by atoms with Crippen molar-refractivity contribution in [2.24, 2.45) is 0 Å². The average molecular weight is 318 g/mol. The Morgan fingerprint density at radius 3 is 2.22 bits per heavy atom. The van der Waals surface area contributed by atoms with E-state index in [1.807, 2.05) is 12.1 Å². The van der Waals surface area contributed by atoms with Gasteiger partial charge in [0, 0.05) is 12.2 Å². The Bertz CT molecular complexity index is 532. The summed E-state index contributed by atoms with van der Waals surface area (Å²) in [5.41, 5.74) is 0.883. The Labute approximate surface area is 137 Å². The van der Waals surface area contributed by atoms with Crippen LogP contribution in [0.2, 0.25) is 0 Å². The van der Waals surface area contributed by atoms with Crippen LogP contribution < -0.4 is 10.6 Å². The summed E-state index contributed by atoms with van der Waals surface area (Å²) < 4.78 is 0. The predicted octanol–water partition coefficient (Wildman–Crippen LogP) is 2.39. The fourth-order valence-corrected chi connectivity index (χ4v) is 2.90. The van der Waals surface area contributed by atoms with E-state index in [4.69, 9.17) is 0 Å². The number of anilines is 1. The first-order chi connectivity index (χ1) is 11.0. The number of hydrogen-bond donors (Lipinski definition) is 3. The van der Waals surface area contributed by atoms with Crippen molar-refractivity contribution in [1.82, 2.24) is 5.32 Å². The molecule has 0 spiro atoms. The van der Waals surface area contributed by atoms with Crippen molar-refractivity contribution in [2.45, 2.75) is 57.5 Å². The lowest BCUT2D eigenvalue weighted by Gasteiger charge is -2.26. The first-order valence-electron chi connectivity index (χ1n) is 8.43. The van der Waals surface area contributed by atoms with E-state index >= 15 is 0 Å². The maximum absolute atomic E-state index is 11.9. The summed E-state index contributed by atoms with van der Waals surface area (Å²) in [5, 5.41) is 15.6. The molecule has 0 aromatic heterocycles. The first kappa shape index (κ1) is 17.5. The van der Waals surface area contributed by atoms with Crippen LogP contribution in [0.1, 0.15) is 51.0 Å². The summed E-state index contributed by atoms with van der Waals surface area (Å²) in [7, 11) is 0. The highest BCUT2D eigenvalue weighted by Gasteiger charge is 2.29. The monoisotopic (exact) mass is 318 g/mol. The first-order valence-corrected chi connectivity index (χ1v) is 8.43. The van der Waals surface area contributed by atoms with E-state index in [1.54, 1.807) is 12.1 Å². The zero-order chi connectivity index (χ0) is 16.7. The van der Waals surface area contributed by atoms with Gasteiger partial charge in [-0.25, -0.2) is 0 Å². The van der Waals surface area contributed by atoms with Crippen molar-refractivity contribution in [3.05, 3.63) is 29.8 Å². The molecule has 1 saturated carbocycles. The molecule has 1 aromatic carbocycles. The molecule has 0 aliphatic heterocycles. The zero-order valence-electron chi connectivity index (χ0n) is 13.7. The van der Waals surface area contributed by atoms with E-state index in [2.05, 4.69) is 17.6 Å². The number of hydrogen-bond acceptors (Lipinski definition) is 3. The Hall–Kier alpha value is -1.88. The van der Waals surface area contributed by atoms with Gasteiger partial charge < -0.3 is 15.7 Å². The number of aliphatic hydroxyl groups is 1. The molecule has 1 aliphatic carbocycles. The minimum absolute atomic E-state index is 0.133. The lowest BCUT2D eigenvalue weighted by atomic mass is 9.94. The largest absolute Gasteiger partial charge is 0.388 e. The van der Waals surface area contributed by atoms with Gasteiger partial charge in [0.2, 0.25) is 0 Å². The standard InChI is InChI=1S/C18H26N2O3/c1-2-14-7-9-15(10-8-14)20-17(22)16(21)19-13-18(23)11-5-3-4-6-12-18/h7-10,23H,2-6,11-13H2,1H3,(H,19,21)(H,20,22). The maximum Gasteiger partial charge on any atom is 0.313 e. The van der Waals surface area contributed by atoms with Crippen LogP contribution in [0.25, 0.3) is 0 Å². The lowest BCUT2D eigenvalue weighted by molar-refractivity contribution is -0.136. The molecule has 0 saturated heterocycles. The van der Waals surface area contributed by atoms with Gasteiger partial charge in [0.1, 0.15) is 0 Å². The van der Waals surface area contributed by atoms with Gasteiger partial charge in [-0.15, -0.1) is 0 Å². The Morgan fingerprint density at radius 2 is 1.65 bits per heavy atom. The predicted molar refractivity (Wildman–Crippen MR) is 90.1 cm³/mol. The fraction of sp³-hybridized carbons (Fsp3) is 0.556. The van der Waals surface area contributed by atoms with Gasteiger partial charge >= 0.3 is 11.8 Å². The fourth-order valence-electron chi connectivity index (χ4n) is 2.90. The third-order valence-corrected chi connectivity index (χ3v) is 4.44. The number of rotatable bonds is 4. The van der Waals surface area contributed by atoms with E-state index in [1.165, 1.54) is 5.56 Å². The highest BCUT2D eigenvalue weighted by Crippen LogP contribution is 2.26.